The van der Waals surface area contributed by atoms with Crippen molar-refractivity contribution in [3.8, 4) is 11.5 Å². The summed E-state index contributed by atoms with van der Waals surface area (Å²) in [6, 6.07) is 23.5. The van der Waals surface area contributed by atoms with Gasteiger partial charge in [0.05, 0.1) is 23.1 Å². The molecule has 46 heavy (non-hydrogen) atoms. The van der Waals surface area contributed by atoms with Crippen LogP contribution in [0.1, 0.15) is 68.9 Å². The fraction of sp³-hybridized carbons (Fsp3) is 0.324. The standard InChI is InChI=1S/C37H40N4O5/c1-26-30(20-25-45-26)35(42)38-28-16-14-27(15-17-28)36(43)39(2)32-11-5-7-13-34(32)46-33-12-6-4-10-31(33)37(44)41-23-18-29(19-24-41)40-21-8-3-9-22-40/h4-7,10-17,20,25,29H,3,8-9,18-19,21-24H2,1-2H3,(H,38,42). The zero-order valence-electron chi connectivity index (χ0n) is 26.4. The summed E-state index contributed by atoms with van der Waals surface area (Å²) in [4.78, 5) is 45.9. The van der Waals surface area contributed by atoms with Crippen LogP contribution in [0.3, 0.4) is 0 Å². The van der Waals surface area contributed by atoms with Gasteiger partial charge >= 0.3 is 0 Å². The largest absolute Gasteiger partial charge is 0.469 e. The number of para-hydroxylation sites is 3. The Labute approximate surface area is 269 Å². The molecule has 9 heteroatoms. The molecule has 0 radical (unpaired) electrons. The van der Waals surface area contributed by atoms with Crippen molar-refractivity contribution in [1.29, 1.82) is 0 Å². The number of carbonyl (C=O) groups is 3. The smallest absolute Gasteiger partial charge is 0.259 e. The highest BCUT2D eigenvalue weighted by atomic mass is 16.5. The number of rotatable bonds is 8. The lowest BCUT2D eigenvalue weighted by molar-refractivity contribution is 0.0587. The lowest BCUT2D eigenvalue weighted by Gasteiger charge is -2.40. The van der Waals surface area contributed by atoms with Gasteiger partial charge in [0.2, 0.25) is 0 Å². The third-order valence-electron chi connectivity index (χ3n) is 9.02. The van der Waals surface area contributed by atoms with E-state index in [9.17, 15) is 14.4 Å². The molecule has 0 aliphatic carbocycles. The van der Waals surface area contributed by atoms with Gasteiger partial charge in [-0.3, -0.25) is 14.4 Å². The fourth-order valence-corrected chi connectivity index (χ4v) is 6.38. The maximum Gasteiger partial charge on any atom is 0.259 e. The Balaban J connectivity index is 1.13. The van der Waals surface area contributed by atoms with Crippen molar-refractivity contribution in [3.63, 3.8) is 0 Å². The number of benzene rings is 3. The van der Waals surface area contributed by atoms with E-state index in [-0.39, 0.29) is 17.7 Å². The van der Waals surface area contributed by atoms with Crippen LogP contribution >= 0.6 is 0 Å². The summed E-state index contributed by atoms with van der Waals surface area (Å²) < 4.78 is 11.6. The Hall–Kier alpha value is -4.89. The molecule has 0 spiro atoms. The van der Waals surface area contributed by atoms with E-state index < -0.39 is 0 Å². The summed E-state index contributed by atoms with van der Waals surface area (Å²) in [5.41, 5.74) is 2.52. The van der Waals surface area contributed by atoms with Gasteiger partial charge in [0.1, 0.15) is 11.5 Å². The van der Waals surface area contributed by atoms with Crippen molar-refractivity contribution in [2.24, 2.45) is 0 Å². The minimum absolute atomic E-state index is 0.0373. The first-order valence-corrected chi connectivity index (χ1v) is 16.0. The van der Waals surface area contributed by atoms with Crippen LogP contribution in [-0.2, 0) is 0 Å². The molecule has 0 unspecified atom stereocenters. The second-order valence-corrected chi connectivity index (χ2v) is 12.0. The van der Waals surface area contributed by atoms with Crippen LogP contribution in [0.2, 0.25) is 0 Å². The van der Waals surface area contributed by atoms with Crippen LogP contribution < -0.4 is 15.0 Å². The van der Waals surface area contributed by atoms with Crippen molar-refractivity contribution >= 4 is 29.1 Å². The molecule has 6 rings (SSSR count). The first kappa shape index (κ1) is 31.1. The van der Waals surface area contributed by atoms with Gasteiger partial charge in [0.15, 0.2) is 5.75 Å². The number of nitrogens with zero attached hydrogens (tertiary/aromatic N) is 3. The van der Waals surface area contributed by atoms with Gasteiger partial charge in [-0.2, -0.15) is 0 Å². The molecule has 2 fully saturated rings. The average Bonchev–Trinajstić information content (AvgIpc) is 3.54. The number of anilines is 2. The first-order valence-electron chi connectivity index (χ1n) is 16.0. The maximum absolute atomic E-state index is 13.7. The Morgan fingerprint density at radius 2 is 1.48 bits per heavy atom. The van der Waals surface area contributed by atoms with E-state index in [1.807, 2.05) is 35.2 Å². The molecule has 4 aromatic rings. The number of carbonyl (C=O) groups excluding carboxylic acids is 3. The van der Waals surface area contributed by atoms with E-state index in [2.05, 4.69) is 10.2 Å². The lowest BCUT2D eigenvalue weighted by atomic mass is 9.99. The number of likely N-dealkylation sites (tertiary alicyclic amines) is 2. The molecule has 0 bridgehead atoms. The van der Waals surface area contributed by atoms with Crippen molar-refractivity contribution in [2.75, 3.05) is 43.4 Å². The number of hydrogen-bond donors (Lipinski definition) is 1. The Kier molecular flexibility index (Phi) is 9.49. The van der Waals surface area contributed by atoms with E-state index in [0.717, 1.165) is 25.9 Å². The summed E-state index contributed by atoms with van der Waals surface area (Å²) in [5.74, 6) is 0.875. The van der Waals surface area contributed by atoms with E-state index in [1.165, 1.54) is 43.5 Å². The number of piperidine rings is 2. The molecule has 238 valence electrons. The minimum Gasteiger partial charge on any atom is -0.469 e. The van der Waals surface area contributed by atoms with Crippen LogP contribution in [0.4, 0.5) is 11.4 Å². The van der Waals surface area contributed by atoms with Gasteiger partial charge in [-0.05, 0) is 100 Å². The molecule has 3 amide bonds. The van der Waals surface area contributed by atoms with E-state index in [0.29, 0.717) is 51.4 Å². The molecule has 2 aliphatic rings. The number of hydrogen-bond acceptors (Lipinski definition) is 6. The molecule has 9 nitrogen and oxygen atoms in total. The van der Waals surface area contributed by atoms with Gasteiger partial charge in [-0.25, -0.2) is 0 Å². The van der Waals surface area contributed by atoms with Gasteiger partial charge in [-0.1, -0.05) is 30.7 Å². The molecular weight excluding hydrogens is 580 g/mol. The quantitative estimate of drug-likeness (QED) is 0.228. The number of amides is 3. The van der Waals surface area contributed by atoms with Crippen molar-refractivity contribution in [2.45, 2.75) is 45.1 Å². The number of ether oxygens (including phenoxy) is 1. The Bertz CT molecular complexity index is 1680. The summed E-state index contributed by atoms with van der Waals surface area (Å²) in [5, 5.41) is 2.83. The van der Waals surface area contributed by atoms with Crippen LogP contribution in [-0.4, -0.2) is 66.8 Å². The third-order valence-corrected chi connectivity index (χ3v) is 9.02. The topological polar surface area (TPSA) is 95.3 Å². The highest BCUT2D eigenvalue weighted by Crippen LogP contribution is 2.35. The Morgan fingerprint density at radius 1 is 0.804 bits per heavy atom. The van der Waals surface area contributed by atoms with E-state index >= 15 is 0 Å². The van der Waals surface area contributed by atoms with Gasteiger partial charge in [-0.15, -0.1) is 0 Å². The first-order chi connectivity index (χ1) is 22.4. The maximum atomic E-state index is 13.7. The normalized spacial score (nSPS) is 15.7. The lowest BCUT2D eigenvalue weighted by Crippen LogP contribution is -2.48. The molecule has 1 N–H and O–H groups in total. The summed E-state index contributed by atoms with van der Waals surface area (Å²) in [6.07, 6.45) is 7.30. The summed E-state index contributed by atoms with van der Waals surface area (Å²) >= 11 is 0. The average molecular weight is 621 g/mol. The van der Waals surface area contributed by atoms with Gasteiger partial charge in [0.25, 0.3) is 17.7 Å². The Morgan fingerprint density at radius 3 is 2.17 bits per heavy atom. The van der Waals surface area contributed by atoms with Crippen LogP contribution in [0, 0.1) is 6.92 Å². The van der Waals surface area contributed by atoms with Crippen molar-refractivity contribution in [1.82, 2.24) is 9.80 Å². The predicted octanol–water partition coefficient (Wildman–Crippen LogP) is 7.00. The summed E-state index contributed by atoms with van der Waals surface area (Å²) in [7, 11) is 1.69. The molecule has 2 aliphatic heterocycles. The zero-order valence-corrected chi connectivity index (χ0v) is 26.4. The molecule has 2 saturated heterocycles. The van der Waals surface area contributed by atoms with Crippen LogP contribution in [0.25, 0.3) is 0 Å². The second kappa shape index (κ2) is 14.0. The van der Waals surface area contributed by atoms with E-state index in [4.69, 9.17) is 9.15 Å². The molecular formula is C37H40N4O5. The SMILES string of the molecule is Cc1occc1C(=O)Nc1ccc(C(=O)N(C)c2ccccc2Oc2ccccc2C(=O)N2CCC(N3CCCCC3)CC2)cc1. The number of aryl methyl sites for hydroxylation is 1. The fourth-order valence-electron chi connectivity index (χ4n) is 6.38. The highest BCUT2D eigenvalue weighted by molar-refractivity contribution is 6.08. The number of nitrogens with one attached hydrogen (secondary N) is 1. The second-order valence-electron chi connectivity index (χ2n) is 12.0. The zero-order chi connectivity index (χ0) is 32.0. The predicted molar refractivity (Wildman–Crippen MR) is 178 cm³/mol. The minimum atomic E-state index is -0.283. The molecule has 0 saturated carbocycles. The van der Waals surface area contributed by atoms with Crippen molar-refractivity contribution in [3.05, 3.63) is 108 Å². The van der Waals surface area contributed by atoms with Gasteiger partial charge < -0.3 is 29.2 Å². The number of furan rings is 1. The monoisotopic (exact) mass is 620 g/mol. The van der Waals surface area contributed by atoms with Crippen LogP contribution in [0.5, 0.6) is 11.5 Å². The molecule has 3 heterocycles. The van der Waals surface area contributed by atoms with Gasteiger partial charge in [0, 0.05) is 37.4 Å². The third kappa shape index (κ3) is 6.84. The molecule has 1 aromatic heterocycles. The molecule has 3 aromatic carbocycles. The molecule has 0 atom stereocenters. The van der Waals surface area contributed by atoms with Crippen LogP contribution in [0.15, 0.2) is 89.5 Å². The highest BCUT2D eigenvalue weighted by Gasteiger charge is 2.29. The van der Waals surface area contributed by atoms with Crippen molar-refractivity contribution < 1.29 is 23.5 Å². The summed E-state index contributed by atoms with van der Waals surface area (Å²) in [6.45, 7) is 5.52. The van der Waals surface area contributed by atoms with E-state index in [1.54, 1.807) is 62.5 Å².